The minimum absolute atomic E-state index is 0.186. The molecule has 156 valence electrons. The van der Waals surface area contributed by atoms with E-state index in [0.717, 1.165) is 34.8 Å². The third-order valence-corrected chi connectivity index (χ3v) is 5.42. The Morgan fingerprint density at radius 3 is 2.84 bits per heavy atom. The molecule has 0 saturated carbocycles. The number of hydrogen-bond donors (Lipinski definition) is 0. The molecule has 31 heavy (non-hydrogen) atoms. The summed E-state index contributed by atoms with van der Waals surface area (Å²) in [5, 5.41) is 8.99. The highest BCUT2D eigenvalue weighted by molar-refractivity contribution is 5.93. The van der Waals surface area contributed by atoms with Crippen molar-refractivity contribution in [3.8, 4) is 11.3 Å². The standard InChI is InChI=1S/C22H22N8O/c1-4-29-15(2)17(12-24-29)19-8-9-23-21-11-18(26-30(19)21)22(31)27(3)13-16-14-28-10-6-5-7-20(28)25-16/h5-12,14H,4,13H2,1-3H3. The van der Waals surface area contributed by atoms with E-state index < -0.39 is 0 Å². The van der Waals surface area contributed by atoms with Crippen LogP contribution in [0.15, 0.2) is 55.1 Å². The summed E-state index contributed by atoms with van der Waals surface area (Å²) in [5.41, 5.74) is 5.48. The molecule has 0 N–H and O–H groups in total. The van der Waals surface area contributed by atoms with Crippen LogP contribution in [0.5, 0.6) is 0 Å². The van der Waals surface area contributed by atoms with Crippen molar-refractivity contribution < 1.29 is 4.79 Å². The Hall–Kier alpha value is -4.01. The summed E-state index contributed by atoms with van der Waals surface area (Å²) in [5.74, 6) is -0.186. The van der Waals surface area contributed by atoms with Crippen LogP contribution in [0.4, 0.5) is 0 Å². The molecule has 0 aliphatic carbocycles. The lowest BCUT2D eigenvalue weighted by molar-refractivity contribution is 0.0777. The van der Waals surface area contributed by atoms with Gasteiger partial charge in [-0.3, -0.25) is 9.48 Å². The lowest BCUT2D eigenvalue weighted by Crippen LogP contribution is -2.26. The maximum atomic E-state index is 13.1. The molecule has 5 aromatic heterocycles. The molecule has 1 amide bonds. The first-order chi connectivity index (χ1) is 15.0. The van der Waals surface area contributed by atoms with Gasteiger partial charge in [0.05, 0.1) is 24.1 Å². The molecule has 0 aliphatic rings. The normalized spacial score (nSPS) is 11.5. The number of rotatable bonds is 5. The highest BCUT2D eigenvalue weighted by Crippen LogP contribution is 2.24. The molecule has 0 bridgehead atoms. The summed E-state index contributed by atoms with van der Waals surface area (Å²) < 4.78 is 5.57. The zero-order chi connectivity index (χ0) is 21.5. The smallest absolute Gasteiger partial charge is 0.274 e. The third kappa shape index (κ3) is 3.24. The maximum absolute atomic E-state index is 13.1. The van der Waals surface area contributed by atoms with E-state index >= 15 is 0 Å². The largest absolute Gasteiger partial charge is 0.334 e. The van der Waals surface area contributed by atoms with E-state index in [-0.39, 0.29) is 5.91 Å². The van der Waals surface area contributed by atoms with Gasteiger partial charge in [0, 0.05) is 49.5 Å². The van der Waals surface area contributed by atoms with Crippen LogP contribution < -0.4 is 0 Å². The number of aromatic nitrogens is 7. The number of aryl methyl sites for hydroxylation is 1. The Morgan fingerprint density at radius 1 is 1.19 bits per heavy atom. The van der Waals surface area contributed by atoms with Gasteiger partial charge in [-0.15, -0.1) is 0 Å². The van der Waals surface area contributed by atoms with Crippen molar-refractivity contribution in [1.82, 2.24) is 38.7 Å². The number of carbonyl (C=O) groups is 1. The van der Waals surface area contributed by atoms with Crippen molar-refractivity contribution in [2.75, 3.05) is 7.05 Å². The summed E-state index contributed by atoms with van der Waals surface area (Å²) in [6.45, 7) is 5.25. The van der Waals surface area contributed by atoms with E-state index in [4.69, 9.17) is 0 Å². The van der Waals surface area contributed by atoms with Gasteiger partial charge in [-0.2, -0.15) is 10.2 Å². The van der Waals surface area contributed by atoms with E-state index in [1.807, 2.05) is 58.9 Å². The summed E-state index contributed by atoms with van der Waals surface area (Å²) in [7, 11) is 1.75. The Labute approximate surface area is 178 Å². The van der Waals surface area contributed by atoms with E-state index in [1.54, 1.807) is 28.7 Å². The summed E-state index contributed by atoms with van der Waals surface area (Å²) >= 11 is 0. The Morgan fingerprint density at radius 2 is 2.06 bits per heavy atom. The number of imidazole rings is 1. The second kappa shape index (κ2) is 7.35. The van der Waals surface area contributed by atoms with E-state index in [1.165, 1.54) is 0 Å². The first-order valence-corrected chi connectivity index (χ1v) is 10.1. The van der Waals surface area contributed by atoms with Crippen LogP contribution in [0.2, 0.25) is 0 Å². The van der Waals surface area contributed by atoms with Crippen LogP contribution in [-0.2, 0) is 13.1 Å². The molecule has 0 aliphatic heterocycles. The predicted octanol–water partition coefficient (Wildman–Crippen LogP) is 2.84. The Balaban J connectivity index is 1.45. The van der Waals surface area contributed by atoms with Gasteiger partial charge in [0.2, 0.25) is 0 Å². The van der Waals surface area contributed by atoms with Crippen LogP contribution in [0.3, 0.4) is 0 Å². The molecule has 9 nitrogen and oxygen atoms in total. The van der Waals surface area contributed by atoms with E-state index in [0.29, 0.717) is 17.9 Å². The van der Waals surface area contributed by atoms with Crippen molar-refractivity contribution in [2.45, 2.75) is 26.9 Å². The van der Waals surface area contributed by atoms with E-state index in [9.17, 15) is 4.79 Å². The molecular formula is C22H22N8O. The lowest BCUT2D eigenvalue weighted by atomic mass is 10.2. The van der Waals surface area contributed by atoms with Crippen molar-refractivity contribution >= 4 is 17.2 Å². The average molecular weight is 414 g/mol. The number of nitrogens with zero attached hydrogens (tertiary/aromatic N) is 8. The highest BCUT2D eigenvalue weighted by atomic mass is 16.2. The van der Waals surface area contributed by atoms with Gasteiger partial charge >= 0.3 is 0 Å². The van der Waals surface area contributed by atoms with Gasteiger partial charge in [0.1, 0.15) is 5.65 Å². The number of hydrogen-bond acceptors (Lipinski definition) is 5. The fourth-order valence-electron chi connectivity index (χ4n) is 3.79. The molecular weight excluding hydrogens is 392 g/mol. The zero-order valence-corrected chi connectivity index (χ0v) is 17.6. The highest BCUT2D eigenvalue weighted by Gasteiger charge is 2.20. The quantitative estimate of drug-likeness (QED) is 0.441. The Bertz CT molecular complexity index is 1380. The molecule has 5 heterocycles. The van der Waals surface area contributed by atoms with Crippen molar-refractivity contribution in [1.29, 1.82) is 0 Å². The van der Waals surface area contributed by atoms with Gasteiger partial charge in [-0.25, -0.2) is 14.5 Å². The Kier molecular flexibility index (Phi) is 4.50. The topological polar surface area (TPSA) is 85.6 Å². The molecule has 5 rings (SSSR count). The molecule has 0 unspecified atom stereocenters. The third-order valence-electron chi connectivity index (χ3n) is 5.42. The van der Waals surface area contributed by atoms with Gasteiger partial charge < -0.3 is 9.30 Å². The SMILES string of the molecule is CCn1ncc(-c2ccnc3cc(C(=O)N(C)Cc4cn5ccccc5n4)nn23)c1C. The average Bonchev–Trinajstić information content (AvgIpc) is 3.48. The maximum Gasteiger partial charge on any atom is 0.274 e. The van der Waals surface area contributed by atoms with Crippen LogP contribution in [0, 0.1) is 6.92 Å². The molecule has 9 heteroatoms. The van der Waals surface area contributed by atoms with Crippen molar-refractivity contribution in [3.05, 3.63) is 72.2 Å². The number of fused-ring (bicyclic) bond motifs is 2. The summed E-state index contributed by atoms with van der Waals surface area (Å²) in [6.07, 6.45) is 7.41. The first kappa shape index (κ1) is 19.0. The predicted molar refractivity (Wildman–Crippen MR) is 116 cm³/mol. The number of carbonyl (C=O) groups excluding carboxylic acids is 1. The fourth-order valence-corrected chi connectivity index (χ4v) is 3.79. The van der Waals surface area contributed by atoms with Crippen LogP contribution in [-0.4, -0.2) is 51.6 Å². The minimum atomic E-state index is -0.186. The minimum Gasteiger partial charge on any atom is -0.334 e. The fraction of sp³-hybridized carbons (Fsp3) is 0.227. The van der Waals surface area contributed by atoms with Crippen LogP contribution in [0.1, 0.15) is 28.8 Å². The monoisotopic (exact) mass is 414 g/mol. The van der Waals surface area contributed by atoms with Crippen LogP contribution >= 0.6 is 0 Å². The molecule has 0 saturated heterocycles. The molecule has 5 aromatic rings. The first-order valence-electron chi connectivity index (χ1n) is 10.1. The second-order valence-corrected chi connectivity index (χ2v) is 7.45. The van der Waals surface area contributed by atoms with Crippen molar-refractivity contribution in [3.63, 3.8) is 0 Å². The second-order valence-electron chi connectivity index (χ2n) is 7.45. The molecule has 0 fully saturated rings. The van der Waals surface area contributed by atoms with Gasteiger partial charge in [0.25, 0.3) is 5.91 Å². The van der Waals surface area contributed by atoms with Crippen molar-refractivity contribution in [2.24, 2.45) is 0 Å². The molecule has 0 radical (unpaired) electrons. The zero-order valence-electron chi connectivity index (χ0n) is 17.6. The molecule has 0 atom stereocenters. The molecule has 0 spiro atoms. The van der Waals surface area contributed by atoms with Gasteiger partial charge in [-0.1, -0.05) is 6.07 Å². The summed E-state index contributed by atoms with van der Waals surface area (Å²) in [4.78, 5) is 23.6. The summed E-state index contributed by atoms with van der Waals surface area (Å²) in [6, 6.07) is 9.42. The molecule has 0 aromatic carbocycles. The number of pyridine rings is 1. The lowest BCUT2D eigenvalue weighted by Gasteiger charge is -2.13. The van der Waals surface area contributed by atoms with Gasteiger partial charge in [0.15, 0.2) is 11.3 Å². The van der Waals surface area contributed by atoms with Crippen LogP contribution in [0.25, 0.3) is 22.6 Å². The number of amides is 1. The van der Waals surface area contributed by atoms with E-state index in [2.05, 4.69) is 27.1 Å². The van der Waals surface area contributed by atoms with Gasteiger partial charge in [-0.05, 0) is 32.0 Å².